The van der Waals surface area contributed by atoms with Gasteiger partial charge in [-0.25, -0.2) is 13.4 Å². The normalized spacial score (nSPS) is 14.9. The van der Waals surface area contributed by atoms with Crippen molar-refractivity contribution >= 4 is 27.4 Å². The summed E-state index contributed by atoms with van der Waals surface area (Å²) in [5, 5.41) is 4.41. The maximum Gasteiger partial charge on any atom is 0.254 e. The number of hydrogen-bond acceptors (Lipinski definition) is 9. The minimum atomic E-state index is -3.73. The lowest BCUT2D eigenvalue weighted by Crippen LogP contribution is -2.35. The molecule has 0 unspecified atom stereocenters. The molecule has 2 aromatic heterocycles. The minimum absolute atomic E-state index is 0.110. The summed E-state index contributed by atoms with van der Waals surface area (Å²) in [7, 11) is -0.560. The van der Waals surface area contributed by atoms with Crippen molar-refractivity contribution in [3.63, 3.8) is 0 Å². The molecule has 1 saturated heterocycles. The van der Waals surface area contributed by atoms with Crippen LogP contribution in [0.5, 0.6) is 11.5 Å². The number of aromatic nitrogens is 4. The van der Waals surface area contributed by atoms with Crippen LogP contribution in [0, 0.1) is 0 Å². The first-order valence-corrected chi connectivity index (χ1v) is 13.5. The molecule has 1 aliphatic heterocycles. The first-order chi connectivity index (χ1) is 18.3. The number of ether oxygens (including phenoxy) is 2. The van der Waals surface area contributed by atoms with Crippen LogP contribution in [0.1, 0.15) is 23.7 Å². The molecular formula is C26H28N6O5S. The lowest BCUT2D eigenvalue weighted by molar-refractivity contribution is 0.101. The van der Waals surface area contributed by atoms with Crippen molar-refractivity contribution < 1.29 is 22.7 Å². The second-order valence-corrected chi connectivity index (χ2v) is 10.8. The molecule has 1 fully saturated rings. The van der Waals surface area contributed by atoms with E-state index in [1.54, 1.807) is 37.1 Å². The van der Waals surface area contributed by atoms with Gasteiger partial charge in [0, 0.05) is 43.5 Å². The number of methoxy groups -OCH3 is 2. The standard InChI is InChI=1S/C26H28N6O5S/c1-18(33)19-5-8-21(9-6-19)38(34,35)31-12-4-11-30(13-14-31)25-22(16-27-26-28-17-29-32(25)26)20-7-10-23(36-2)24(15-20)37-3/h5-10,15-17H,4,11-14H2,1-3H3. The molecule has 11 nitrogen and oxygen atoms in total. The van der Waals surface area contributed by atoms with Crippen molar-refractivity contribution in [2.75, 3.05) is 45.3 Å². The summed E-state index contributed by atoms with van der Waals surface area (Å²) in [6.07, 6.45) is 3.80. The molecular weight excluding hydrogens is 508 g/mol. The highest BCUT2D eigenvalue weighted by Crippen LogP contribution is 2.37. The van der Waals surface area contributed by atoms with Crippen LogP contribution in [0.15, 0.2) is 59.9 Å². The van der Waals surface area contributed by atoms with Gasteiger partial charge < -0.3 is 14.4 Å². The maximum absolute atomic E-state index is 13.4. The highest BCUT2D eigenvalue weighted by atomic mass is 32.2. The van der Waals surface area contributed by atoms with Crippen molar-refractivity contribution in [1.82, 2.24) is 23.9 Å². The number of anilines is 1. The van der Waals surface area contributed by atoms with Gasteiger partial charge >= 0.3 is 0 Å². The molecule has 2 aromatic carbocycles. The number of carbonyl (C=O) groups excluding carboxylic acids is 1. The average molecular weight is 537 g/mol. The zero-order chi connectivity index (χ0) is 26.9. The Kier molecular flexibility index (Phi) is 7.00. The van der Waals surface area contributed by atoms with Gasteiger partial charge in [0.1, 0.15) is 12.1 Å². The summed E-state index contributed by atoms with van der Waals surface area (Å²) in [5.41, 5.74) is 2.13. The van der Waals surface area contributed by atoms with E-state index < -0.39 is 10.0 Å². The van der Waals surface area contributed by atoms with E-state index in [9.17, 15) is 13.2 Å². The molecule has 198 valence electrons. The van der Waals surface area contributed by atoms with Gasteiger partial charge in [-0.1, -0.05) is 18.2 Å². The number of benzene rings is 2. The fourth-order valence-corrected chi connectivity index (χ4v) is 6.10. The lowest BCUT2D eigenvalue weighted by Gasteiger charge is -2.26. The topological polar surface area (TPSA) is 119 Å². The summed E-state index contributed by atoms with van der Waals surface area (Å²) in [4.78, 5) is 22.6. The van der Waals surface area contributed by atoms with Gasteiger partial charge in [-0.3, -0.25) is 4.79 Å². The number of ketones is 1. The Labute approximate surface area is 220 Å². The molecule has 0 spiro atoms. The summed E-state index contributed by atoms with van der Waals surface area (Å²) in [6, 6.07) is 11.7. The van der Waals surface area contributed by atoms with Crippen LogP contribution >= 0.6 is 0 Å². The second kappa shape index (κ2) is 10.4. The van der Waals surface area contributed by atoms with Crippen LogP contribution in [-0.2, 0) is 10.0 Å². The zero-order valence-electron chi connectivity index (χ0n) is 21.4. The van der Waals surface area contributed by atoms with Crippen molar-refractivity contribution in [3.8, 4) is 22.6 Å². The van der Waals surface area contributed by atoms with Gasteiger partial charge in [0.05, 0.1) is 19.1 Å². The van der Waals surface area contributed by atoms with E-state index in [4.69, 9.17) is 9.47 Å². The molecule has 0 aliphatic carbocycles. The van der Waals surface area contributed by atoms with Gasteiger partial charge in [0.2, 0.25) is 10.0 Å². The van der Waals surface area contributed by atoms with Crippen molar-refractivity contribution in [2.45, 2.75) is 18.2 Å². The number of sulfonamides is 1. The van der Waals surface area contributed by atoms with E-state index in [0.29, 0.717) is 48.9 Å². The Morgan fingerprint density at radius 3 is 2.39 bits per heavy atom. The van der Waals surface area contributed by atoms with Gasteiger partial charge in [-0.05, 0) is 43.2 Å². The van der Waals surface area contributed by atoms with Gasteiger partial charge in [0.25, 0.3) is 5.78 Å². The monoisotopic (exact) mass is 536 g/mol. The number of hydrogen-bond donors (Lipinski definition) is 0. The Hall–Kier alpha value is -4.03. The lowest BCUT2D eigenvalue weighted by atomic mass is 10.1. The van der Waals surface area contributed by atoms with Crippen molar-refractivity contribution in [1.29, 1.82) is 0 Å². The molecule has 3 heterocycles. The molecule has 0 radical (unpaired) electrons. The third-order valence-corrected chi connectivity index (χ3v) is 8.54. The van der Waals surface area contributed by atoms with E-state index >= 15 is 0 Å². The molecule has 0 amide bonds. The average Bonchev–Trinajstić information content (AvgIpc) is 3.28. The predicted molar refractivity (Wildman–Crippen MR) is 141 cm³/mol. The van der Waals surface area contributed by atoms with Gasteiger partial charge in [-0.15, -0.1) is 0 Å². The molecule has 38 heavy (non-hydrogen) atoms. The Morgan fingerprint density at radius 1 is 0.921 bits per heavy atom. The van der Waals surface area contributed by atoms with E-state index in [2.05, 4.69) is 20.0 Å². The van der Waals surface area contributed by atoms with Crippen molar-refractivity contribution in [3.05, 3.63) is 60.6 Å². The van der Waals surface area contributed by atoms with Crippen LogP contribution in [0.2, 0.25) is 0 Å². The SMILES string of the molecule is COc1ccc(-c2cnc3ncnn3c2N2CCCN(S(=O)(=O)c3ccc(C(C)=O)cc3)CC2)cc1OC. The van der Waals surface area contributed by atoms with Gasteiger partial charge in [-0.2, -0.15) is 18.9 Å². The molecule has 0 atom stereocenters. The second-order valence-electron chi connectivity index (χ2n) is 8.86. The summed E-state index contributed by atoms with van der Waals surface area (Å²) in [5.74, 6) is 2.30. The highest BCUT2D eigenvalue weighted by Gasteiger charge is 2.29. The maximum atomic E-state index is 13.4. The number of nitrogens with zero attached hydrogens (tertiary/aromatic N) is 6. The Balaban J connectivity index is 1.48. The first-order valence-electron chi connectivity index (χ1n) is 12.1. The number of rotatable bonds is 7. The molecule has 0 N–H and O–H groups in total. The van der Waals surface area contributed by atoms with E-state index in [0.717, 1.165) is 16.9 Å². The third kappa shape index (κ3) is 4.68. The minimum Gasteiger partial charge on any atom is -0.493 e. The van der Waals surface area contributed by atoms with E-state index in [-0.39, 0.29) is 17.2 Å². The van der Waals surface area contributed by atoms with Crippen molar-refractivity contribution in [2.24, 2.45) is 0 Å². The number of fused-ring (bicyclic) bond motifs is 1. The molecule has 0 saturated carbocycles. The fraction of sp³-hybridized carbons (Fsp3) is 0.308. The first kappa shape index (κ1) is 25.6. The summed E-state index contributed by atoms with van der Waals surface area (Å²) < 4.78 is 40.9. The van der Waals surface area contributed by atoms with E-state index in [1.807, 2.05) is 18.2 Å². The smallest absolute Gasteiger partial charge is 0.254 e. The molecule has 5 rings (SSSR count). The summed E-state index contributed by atoms with van der Waals surface area (Å²) in [6.45, 7) is 3.14. The van der Waals surface area contributed by atoms with E-state index in [1.165, 1.54) is 29.7 Å². The van der Waals surface area contributed by atoms with Crippen LogP contribution < -0.4 is 14.4 Å². The molecule has 12 heteroatoms. The van der Waals surface area contributed by atoms with Crippen LogP contribution in [0.4, 0.5) is 5.82 Å². The Bertz CT molecular complexity index is 1590. The van der Waals surface area contributed by atoms with Crippen LogP contribution in [-0.4, -0.2) is 78.5 Å². The molecule has 1 aliphatic rings. The summed E-state index contributed by atoms with van der Waals surface area (Å²) >= 11 is 0. The molecule has 4 aromatic rings. The zero-order valence-corrected chi connectivity index (χ0v) is 22.2. The fourth-order valence-electron chi connectivity index (χ4n) is 4.64. The number of carbonyl (C=O) groups is 1. The van der Waals surface area contributed by atoms with Crippen LogP contribution in [0.25, 0.3) is 16.9 Å². The predicted octanol–water partition coefficient (Wildman–Crippen LogP) is 2.91. The van der Waals surface area contributed by atoms with Crippen LogP contribution in [0.3, 0.4) is 0 Å². The molecule has 0 bridgehead atoms. The van der Waals surface area contributed by atoms with Gasteiger partial charge in [0.15, 0.2) is 17.3 Å². The highest BCUT2D eigenvalue weighted by molar-refractivity contribution is 7.89. The third-order valence-electron chi connectivity index (χ3n) is 6.63. The quantitative estimate of drug-likeness (QED) is 0.328. The number of Topliss-reactive ketones (excluding diaryl/α,β-unsaturated/α-hetero) is 1. The largest absolute Gasteiger partial charge is 0.493 e. The Morgan fingerprint density at radius 2 is 1.68 bits per heavy atom.